The predicted molar refractivity (Wildman–Crippen MR) is 206 cm³/mol. The van der Waals surface area contributed by atoms with Gasteiger partial charge in [0.15, 0.2) is 0 Å². The van der Waals surface area contributed by atoms with E-state index in [1.807, 2.05) is 38.2 Å². The van der Waals surface area contributed by atoms with E-state index in [0.717, 1.165) is 80.7 Å². The highest BCUT2D eigenvalue weighted by Crippen LogP contribution is 2.30. The smallest absolute Gasteiger partial charge is 0.0707 e. The molecular formula is C41H54N6. The number of aryl methyl sites for hydroxylation is 4. The van der Waals surface area contributed by atoms with Crippen LogP contribution in [0.4, 0.5) is 22.7 Å². The minimum absolute atomic E-state index is 0.755. The number of rotatable bonds is 14. The van der Waals surface area contributed by atoms with Crippen LogP contribution in [-0.4, -0.2) is 24.5 Å². The van der Waals surface area contributed by atoms with Crippen LogP contribution in [0.15, 0.2) is 105 Å². The number of aliphatic imine (C=N–C) groups is 2. The number of allylic oxidation sites excluding steroid dienone is 8. The van der Waals surface area contributed by atoms with Crippen LogP contribution < -0.4 is 22.1 Å². The van der Waals surface area contributed by atoms with Crippen molar-refractivity contribution in [2.24, 2.45) is 21.5 Å². The van der Waals surface area contributed by atoms with Gasteiger partial charge in [-0.05, 0) is 147 Å². The highest BCUT2D eigenvalue weighted by Gasteiger charge is 2.13. The third-order valence-electron chi connectivity index (χ3n) is 8.99. The van der Waals surface area contributed by atoms with Gasteiger partial charge in [0.1, 0.15) is 0 Å². The Morgan fingerprint density at radius 2 is 0.872 bits per heavy atom. The van der Waals surface area contributed by atoms with Gasteiger partial charge in [-0.3, -0.25) is 0 Å². The van der Waals surface area contributed by atoms with Crippen molar-refractivity contribution < 1.29 is 0 Å². The first-order valence-electron chi connectivity index (χ1n) is 17.0. The number of nitrogens with zero attached hydrogens (tertiary/aromatic N) is 2. The molecule has 248 valence electrons. The first-order valence-corrected chi connectivity index (χ1v) is 17.0. The summed E-state index contributed by atoms with van der Waals surface area (Å²) in [5, 5.41) is 7.29. The van der Waals surface area contributed by atoms with E-state index < -0.39 is 0 Å². The predicted octanol–water partition coefficient (Wildman–Crippen LogP) is 10.0. The van der Waals surface area contributed by atoms with Crippen LogP contribution in [0.25, 0.3) is 0 Å². The van der Waals surface area contributed by atoms with Crippen molar-refractivity contribution in [1.82, 2.24) is 0 Å². The molecule has 0 unspecified atom stereocenters. The maximum Gasteiger partial charge on any atom is 0.0707 e. The normalized spacial score (nSPS) is 16.6. The SMILES string of the molecule is C=C1C=C(N)C(C)=C/C1=N/c1cc(C)c(NCCCCCCCCCNc2cc(C)c(/N=C3/C=C(C)C(N)=CC3=C)cc2C)cc1C. The van der Waals surface area contributed by atoms with Gasteiger partial charge in [-0.25, -0.2) is 9.98 Å². The van der Waals surface area contributed by atoms with Gasteiger partial charge < -0.3 is 22.1 Å². The Kier molecular flexibility index (Phi) is 12.2. The van der Waals surface area contributed by atoms with E-state index in [0.29, 0.717) is 0 Å². The van der Waals surface area contributed by atoms with Gasteiger partial charge in [0.05, 0.1) is 22.8 Å². The first-order chi connectivity index (χ1) is 22.4. The average Bonchev–Trinajstić information content (AvgIpc) is 3.01. The Labute approximate surface area is 282 Å². The summed E-state index contributed by atoms with van der Waals surface area (Å²) in [6.07, 6.45) is 16.5. The van der Waals surface area contributed by atoms with Gasteiger partial charge in [0.25, 0.3) is 0 Å². The first kappa shape index (κ1) is 35.3. The second-order valence-electron chi connectivity index (χ2n) is 13.1. The zero-order valence-electron chi connectivity index (χ0n) is 29.4. The van der Waals surface area contributed by atoms with E-state index >= 15 is 0 Å². The molecule has 0 heterocycles. The maximum atomic E-state index is 6.02. The zero-order valence-corrected chi connectivity index (χ0v) is 29.4. The molecule has 6 heteroatoms. The molecule has 0 bridgehead atoms. The fraction of sp³-hybridized carbons (Fsp3) is 0.366. The quantitative estimate of drug-likeness (QED) is 0.156. The van der Waals surface area contributed by atoms with Crippen molar-refractivity contribution in [3.8, 4) is 0 Å². The molecule has 0 amide bonds. The van der Waals surface area contributed by atoms with Gasteiger partial charge in [0.2, 0.25) is 0 Å². The fourth-order valence-electron chi connectivity index (χ4n) is 5.78. The Morgan fingerprint density at radius 3 is 1.26 bits per heavy atom. The summed E-state index contributed by atoms with van der Waals surface area (Å²) < 4.78 is 0. The second-order valence-corrected chi connectivity index (χ2v) is 13.1. The van der Waals surface area contributed by atoms with E-state index in [9.17, 15) is 0 Å². The highest BCUT2D eigenvalue weighted by molar-refractivity contribution is 6.13. The van der Waals surface area contributed by atoms with Gasteiger partial charge >= 0.3 is 0 Å². The number of hydrogen-bond acceptors (Lipinski definition) is 6. The summed E-state index contributed by atoms with van der Waals surface area (Å²) >= 11 is 0. The van der Waals surface area contributed by atoms with Crippen LogP contribution in [0, 0.1) is 27.7 Å². The molecule has 2 aromatic rings. The third-order valence-corrected chi connectivity index (χ3v) is 8.99. The molecule has 0 radical (unpaired) electrons. The molecule has 4 rings (SSSR count). The number of nitrogens with one attached hydrogen (secondary N) is 2. The van der Waals surface area contributed by atoms with Crippen LogP contribution in [0.1, 0.15) is 81.0 Å². The minimum Gasteiger partial charge on any atom is -0.398 e. The number of hydrogen-bond donors (Lipinski definition) is 4. The molecule has 2 aliphatic carbocycles. The van der Waals surface area contributed by atoms with Gasteiger partial charge in [0, 0.05) is 35.9 Å². The molecule has 47 heavy (non-hydrogen) atoms. The Balaban J connectivity index is 1.11. The lowest BCUT2D eigenvalue weighted by Crippen LogP contribution is -2.10. The lowest BCUT2D eigenvalue weighted by Gasteiger charge is -2.15. The zero-order chi connectivity index (χ0) is 34.1. The topological polar surface area (TPSA) is 101 Å². The Morgan fingerprint density at radius 1 is 0.511 bits per heavy atom. The molecular weight excluding hydrogens is 576 g/mol. The van der Waals surface area contributed by atoms with Crippen LogP contribution in [0.2, 0.25) is 0 Å². The lowest BCUT2D eigenvalue weighted by atomic mass is 9.99. The molecule has 0 atom stereocenters. The molecule has 0 spiro atoms. The van der Waals surface area contributed by atoms with Crippen molar-refractivity contribution in [2.75, 3.05) is 23.7 Å². The fourth-order valence-corrected chi connectivity index (χ4v) is 5.78. The van der Waals surface area contributed by atoms with E-state index in [4.69, 9.17) is 21.5 Å². The number of nitrogens with two attached hydrogens (primary N) is 2. The van der Waals surface area contributed by atoms with E-state index in [2.05, 4.69) is 75.8 Å². The van der Waals surface area contributed by atoms with Crippen LogP contribution in [0.3, 0.4) is 0 Å². The molecule has 0 saturated heterocycles. The summed E-state index contributed by atoms with van der Waals surface area (Å²) in [6, 6.07) is 8.74. The van der Waals surface area contributed by atoms with E-state index in [-0.39, 0.29) is 0 Å². The van der Waals surface area contributed by atoms with Gasteiger partial charge in [-0.15, -0.1) is 0 Å². The van der Waals surface area contributed by atoms with Crippen LogP contribution >= 0.6 is 0 Å². The van der Waals surface area contributed by atoms with Gasteiger partial charge in [-0.2, -0.15) is 0 Å². The lowest BCUT2D eigenvalue weighted by molar-refractivity contribution is 0.591. The summed E-state index contributed by atoms with van der Waals surface area (Å²) in [5.41, 5.74) is 28.1. The van der Waals surface area contributed by atoms with Crippen molar-refractivity contribution in [3.63, 3.8) is 0 Å². The monoisotopic (exact) mass is 630 g/mol. The van der Waals surface area contributed by atoms with Gasteiger partial charge in [-0.1, -0.05) is 45.3 Å². The maximum absolute atomic E-state index is 6.02. The Bertz CT molecular complexity index is 1580. The van der Waals surface area contributed by atoms with E-state index in [1.54, 1.807) is 0 Å². The number of unbranched alkanes of at least 4 members (excludes halogenated alkanes) is 6. The summed E-state index contributed by atoms with van der Waals surface area (Å²) in [5.74, 6) is 0. The highest BCUT2D eigenvalue weighted by atomic mass is 14.9. The Hall–Kier alpha value is -4.58. The van der Waals surface area contributed by atoms with Crippen LogP contribution in [0.5, 0.6) is 0 Å². The number of benzene rings is 2. The molecule has 0 fully saturated rings. The second kappa shape index (κ2) is 16.3. The standard InChI is InChI=1S/C41H54N6/c1-26-20-38(28(3)18-34(26)42)46-40-24-30(5)36(22-32(40)7)44-16-14-12-10-9-11-13-15-17-45-37-23-33(8)41(25-31(37)6)47-39-21-27(2)35(43)19-29(39)4/h18-25,44-45H,3-4,9-17,42-43H2,1-2,5-8H3/b46-38-,47-39-. The molecule has 6 nitrogen and oxygen atoms in total. The molecule has 2 aliphatic rings. The van der Waals surface area contributed by atoms with Crippen molar-refractivity contribution in [2.45, 2.75) is 86.5 Å². The average molecular weight is 631 g/mol. The minimum atomic E-state index is 0.755. The molecule has 2 aromatic carbocycles. The molecule has 6 N–H and O–H groups in total. The summed E-state index contributed by atoms with van der Waals surface area (Å²) in [7, 11) is 0. The molecule has 0 aliphatic heterocycles. The number of anilines is 2. The molecule has 0 aromatic heterocycles. The summed E-state index contributed by atoms with van der Waals surface area (Å²) in [6.45, 7) is 22.7. The largest absolute Gasteiger partial charge is 0.398 e. The van der Waals surface area contributed by atoms with Crippen molar-refractivity contribution in [1.29, 1.82) is 0 Å². The molecule has 0 saturated carbocycles. The van der Waals surface area contributed by atoms with E-state index in [1.165, 1.54) is 67.4 Å². The third kappa shape index (κ3) is 9.71. The summed E-state index contributed by atoms with van der Waals surface area (Å²) in [4.78, 5) is 9.78. The van der Waals surface area contributed by atoms with Crippen molar-refractivity contribution >= 4 is 34.2 Å². The van der Waals surface area contributed by atoms with Crippen LogP contribution in [-0.2, 0) is 0 Å². The van der Waals surface area contributed by atoms with Crippen molar-refractivity contribution in [3.05, 3.63) is 118 Å².